The molecule has 1 N–H and O–H groups in total. The maximum atomic E-state index is 14.0. The normalized spacial score (nSPS) is 22.9. The molecule has 38 heavy (non-hydrogen) atoms. The Kier molecular flexibility index (Phi) is 6.79. The van der Waals surface area contributed by atoms with Crippen LogP contribution in [0.4, 0.5) is 5.69 Å². The van der Waals surface area contributed by atoms with E-state index < -0.39 is 0 Å². The van der Waals surface area contributed by atoms with Gasteiger partial charge in [0.1, 0.15) is 0 Å². The van der Waals surface area contributed by atoms with E-state index in [-0.39, 0.29) is 17.4 Å². The Hall–Kier alpha value is -3.44. The number of thioether (sulfide) groups is 1. The second-order valence-electron chi connectivity index (χ2n) is 10.7. The van der Waals surface area contributed by atoms with Crippen LogP contribution in [0, 0.1) is 19.8 Å². The SMILES string of the molecule is Cc1cc(/C=C2\SC(Nc3ccccc3)N([C@@H]3CCCC[C@H]3C)C2=O)c(C)n1-c1ccc2ccccc2c1. The van der Waals surface area contributed by atoms with Gasteiger partial charge < -0.3 is 14.8 Å². The van der Waals surface area contributed by atoms with E-state index in [1.807, 2.05) is 18.2 Å². The molecule has 2 aliphatic rings. The van der Waals surface area contributed by atoms with Gasteiger partial charge in [-0.1, -0.05) is 80.1 Å². The minimum atomic E-state index is -0.106. The molecule has 2 fully saturated rings. The smallest absolute Gasteiger partial charge is 0.262 e. The Morgan fingerprint density at radius 3 is 2.42 bits per heavy atom. The maximum absolute atomic E-state index is 14.0. The largest absolute Gasteiger partial charge is 0.356 e. The van der Waals surface area contributed by atoms with Crippen molar-refractivity contribution in [3.05, 3.63) is 101 Å². The Labute approximate surface area is 229 Å². The quantitative estimate of drug-likeness (QED) is 0.269. The molecule has 4 aromatic rings. The zero-order chi connectivity index (χ0) is 26.2. The van der Waals surface area contributed by atoms with Crippen LogP contribution in [0.5, 0.6) is 0 Å². The van der Waals surface area contributed by atoms with Gasteiger partial charge in [0.25, 0.3) is 5.91 Å². The van der Waals surface area contributed by atoms with E-state index in [1.54, 1.807) is 11.8 Å². The predicted octanol–water partition coefficient (Wildman–Crippen LogP) is 8.14. The Morgan fingerprint density at radius 1 is 0.895 bits per heavy atom. The van der Waals surface area contributed by atoms with Crippen molar-refractivity contribution in [2.75, 3.05) is 5.32 Å². The molecule has 1 unspecified atom stereocenters. The van der Waals surface area contributed by atoms with Crippen molar-refractivity contribution in [3.8, 4) is 5.69 Å². The van der Waals surface area contributed by atoms with Gasteiger partial charge in [0.05, 0.1) is 4.91 Å². The number of amides is 1. The molecule has 1 saturated carbocycles. The fraction of sp³-hybridized carbons (Fsp3) is 0.303. The highest BCUT2D eigenvalue weighted by molar-refractivity contribution is 8.05. The summed E-state index contributed by atoms with van der Waals surface area (Å²) in [6, 6.07) is 27.8. The highest BCUT2D eigenvalue weighted by atomic mass is 32.2. The van der Waals surface area contributed by atoms with E-state index in [0.29, 0.717) is 5.92 Å². The van der Waals surface area contributed by atoms with Crippen molar-refractivity contribution in [2.45, 2.75) is 58.0 Å². The van der Waals surface area contributed by atoms with Crippen LogP contribution < -0.4 is 5.32 Å². The third kappa shape index (κ3) is 4.64. The number of hydrogen-bond acceptors (Lipinski definition) is 3. The molecule has 0 radical (unpaired) electrons. The molecule has 1 saturated heterocycles. The summed E-state index contributed by atoms with van der Waals surface area (Å²) in [5.41, 5.74) is 5.50. The lowest BCUT2D eigenvalue weighted by Gasteiger charge is -2.39. The van der Waals surface area contributed by atoms with Crippen molar-refractivity contribution in [2.24, 2.45) is 5.92 Å². The molecule has 5 heteroatoms. The number of carbonyl (C=O) groups is 1. The molecular weight excluding hydrogens is 486 g/mol. The molecule has 0 spiro atoms. The molecule has 1 aliphatic heterocycles. The first-order chi connectivity index (χ1) is 18.5. The standard InChI is InChI=1S/C33H35N3OS/c1-22-11-7-10-16-30(22)36-32(37)31(38-33(36)34-28-14-5-4-6-15-28)21-27-19-23(2)35(24(27)3)29-18-17-25-12-8-9-13-26(25)20-29/h4-6,8-9,12-15,17-22,30,33-34H,7,10-11,16H2,1-3H3/b31-21-/t22-,30-,33?/m1/s1. The lowest BCUT2D eigenvalue weighted by atomic mass is 9.85. The summed E-state index contributed by atoms with van der Waals surface area (Å²) in [6.07, 6.45) is 6.81. The third-order valence-corrected chi connectivity index (χ3v) is 9.29. The van der Waals surface area contributed by atoms with Gasteiger partial charge in [-0.15, -0.1) is 0 Å². The molecule has 2 heterocycles. The summed E-state index contributed by atoms with van der Waals surface area (Å²) in [6.45, 7) is 6.60. The van der Waals surface area contributed by atoms with E-state index in [4.69, 9.17) is 0 Å². The molecule has 6 rings (SSSR count). The molecule has 3 atom stereocenters. The van der Waals surface area contributed by atoms with Crippen LogP contribution in [0.1, 0.15) is 49.6 Å². The van der Waals surface area contributed by atoms with Crippen LogP contribution in [0.2, 0.25) is 0 Å². The number of anilines is 1. The van der Waals surface area contributed by atoms with Crippen molar-refractivity contribution >= 4 is 40.2 Å². The number of aryl methyl sites for hydroxylation is 1. The number of nitrogens with zero attached hydrogens (tertiary/aromatic N) is 2. The van der Waals surface area contributed by atoms with Crippen LogP contribution in [-0.4, -0.2) is 26.9 Å². The lowest BCUT2D eigenvalue weighted by molar-refractivity contribution is -0.129. The molecule has 1 amide bonds. The Bertz CT molecular complexity index is 1510. The van der Waals surface area contributed by atoms with Gasteiger partial charge >= 0.3 is 0 Å². The van der Waals surface area contributed by atoms with Gasteiger partial charge in [0.2, 0.25) is 0 Å². The number of carbonyl (C=O) groups excluding carboxylic acids is 1. The second kappa shape index (κ2) is 10.4. The van der Waals surface area contributed by atoms with E-state index in [0.717, 1.165) is 39.7 Å². The van der Waals surface area contributed by atoms with Gasteiger partial charge in [0, 0.05) is 28.8 Å². The topological polar surface area (TPSA) is 37.3 Å². The van der Waals surface area contributed by atoms with Crippen molar-refractivity contribution in [3.63, 3.8) is 0 Å². The van der Waals surface area contributed by atoms with Gasteiger partial charge in [-0.2, -0.15) is 0 Å². The zero-order valence-corrected chi connectivity index (χ0v) is 23.2. The summed E-state index contributed by atoms with van der Waals surface area (Å²) in [7, 11) is 0. The summed E-state index contributed by atoms with van der Waals surface area (Å²) < 4.78 is 2.30. The average molecular weight is 522 g/mol. The first-order valence-electron chi connectivity index (χ1n) is 13.7. The number of para-hydroxylation sites is 1. The van der Waals surface area contributed by atoms with Gasteiger partial charge in [0.15, 0.2) is 5.50 Å². The molecule has 4 nitrogen and oxygen atoms in total. The first-order valence-corrected chi connectivity index (χ1v) is 14.6. The predicted molar refractivity (Wildman–Crippen MR) is 160 cm³/mol. The van der Waals surface area contributed by atoms with Gasteiger partial charge in [-0.05, 0) is 85.4 Å². The molecule has 1 aromatic heterocycles. The van der Waals surface area contributed by atoms with Crippen LogP contribution in [-0.2, 0) is 4.79 Å². The summed E-state index contributed by atoms with van der Waals surface area (Å²) in [5.74, 6) is 0.656. The molecule has 1 aliphatic carbocycles. The van der Waals surface area contributed by atoms with Crippen LogP contribution in [0.15, 0.2) is 83.8 Å². The van der Waals surface area contributed by atoms with Crippen LogP contribution >= 0.6 is 11.8 Å². The minimum absolute atomic E-state index is 0.106. The number of benzene rings is 3. The van der Waals surface area contributed by atoms with Crippen LogP contribution in [0.25, 0.3) is 22.5 Å². The average Bonchev–Trinajstić information content (AvgIpc) is 3.38. The van der Waals surface area contributed by atoms with Crippen molar-refractivity contribution in [1.82, 2.24) is 9.47 Å². The van der Waals surface area contributed by atoms with Crippen molar-refractivity contribution in [1.29, 1.82) is 0 Å². The van der Waals surface area contributed by atoms with Gasteiger partial charge in [-0.25, -0.2) is 0 Å². The number of rotatable bonds is 5. The minimum Gasteiger partial charge on any atom is -0.356 e. The molecule has 3 aromatic carbocycles. The summed E-state index contributed by atoms with van der Waals surface area (Å²) >= 11 is 1.65. The number of nitrogens with one attached hydrogen (secondary N) is 1. The molecule has 194 valence electrons. The first kappa shape index (κ1) is 24.9. The van der Waals surface area contributed by atoms with E-state index in [2.05, 4.69) is 102 Å². The lowest BCUT2D eigenvalue weighted by Crippen LogP contribution is -2.48. The van der Waals surface area contributed by atoms with E-state index in [9.17, 15) is 4.79 Å². The van der Waals surface area contributed by atoms with Crippen molar-refractivity contribution < 1.29 is 4.79 Å². The fourth-order valence-corrected chi connectivity index (χ4v) is 7.36. The molecule has 0 bridgehead atoms. The third-order valence-electron chi connectivity index (χ3n) is 8.17. The maximum Gasteiger partial charge on any atom is 0.262 e. The second-order valence-corrected chi connectivity index (χ2v) is 11.8. The van der Waals surface area contributed by atoms with E-state index in [1.165, 1.54) is 30.0 Å². The highest BCUT2D eigenvalue weighted by Gasteiger charge is 2.43. The van der Waals surface area contributed by atoms with Gasteiger partial charge in [-0.3, -0.25) is 4.79 Å². The Balaban J connectivity index is 1.35. The summed E-state index contributed by atoms with van der Waals surface area (Å²) in [5, 5.41) is 6.12. The van der Waals surface area contributed by atoms with Crippen LogP contribution in [0.3, 0.4) is 0 Å². The summed E-state index contributed by atoms with van der Waals surface area (Å²) in [4.78, 5) is 16.9. The highest BCUT2D eigenvalue weighted by Crippen LogP contribution is 2.42. The number of aromatic nitrogens is 1. The molecular formula is C33H35N3OS. The number of fused-ring (bicyclic) bond motifs is 1. The number of hydrogen-bond donors (Lipinski definition) is 1. The van der Waals surface area contributed by atoms with E-state index >= 15 is 0 Å². The fourth-order valence-electron chi connectivity index (χ4n) is 6.16. The zero-order valence-electron chi connectivity index (χ0n) is 22.4. The Morgan fingerprint density at radius 2 is 1.63 bits per heavy atom. The monoisotopic (exact) mass is 521 g/mol.